The van der Waals surface area contributed by atoms with Crippen LogP contribution in [-0.2, 0) is 16.1 Å². The predicted molar refractivity (Wildman–Crippen MR) is 84.4 cm³/mol. The molecular formula is C17H16N2O4. The highest BCUT2D eigenvalue weighted by molar-refractivity contribution is 6.39. The molecule has 0 atom stereocenters. The summed E-state index contributed by atoms with van der Waals surface area (Å²) < 4.78 is 10.8. The zero-order valence-corrected chi connectivity index (χ0v) is 12.4. The van der Waals surface area contributed by atoms with Gasteiger partial charge in [-0.2, -0.15) is 0 Å². The van der Waals surface area contributed by atoms with Crippen LogP contribution < -0.4 is 20.1 Å². The van der Waals surface area contributed by atoms with Crippen LogP contribution in [0.1, 0.15) is 5.56 Å². The van der Waals surface area contributed by atoms with E-state index in [4.69, 9.17) is 9.47 Å². The van der Waals surface area contributed by atoms with E-state index in [2.05, 4.69) is 10.6 Å². The van der Waals surface area contributed by atoms with Crippen molar-refractivity contribution in [3.63, 3.8) is 0 Å². The van der Waals surface area contributed by atoms with Gasteiger partial charge in [-0.25, -0.2) is 0 Å². The average Bonchev–Trinajstić information content (AvgIpc) is 2.60. The molecule has 0 saturated carbocycles. The third kappa shape index (κ3) is 3.79. The lowest BCUT2D eigenvalue weighted by atomic mass is 10.2. The van der Waals surface area contributed by atoms with Gasteiger partial charge in [0.25, 0.3) is 0 Å². The van der Waals surface area contributed by atoms with Crippen molar-refractivity contribution in [2.75, 3.05) is 18.5 Å². The normalized spacial score (nSPS) is 12.3. The second-order valence-electron chi connectivity index (χ2n) is 4.98. The van der Waals surface area contributed by atoms with Crippen LogP contribution >= 0.6 is 0 Å². The first kappa shape index (κ1) is 14.9. The molecule has 1 heterocycles. The highest BCUT2D eigenvalue weighted by Gasteiger charge is 2.16. The van der Waals surface area contributed by atoms with E-state index in [0.717, 1.165) is 5.56 Å². The highest BCUT2D eigenvalue weighted by atomic mass is 16.6. The maximum Gasteiger partial charge on any atom is 0.313 e. The summed E-state index contributed by atoms with van der Waals surface area (Å²) in [6, 6.07) is 14.4. The van der Waals surface area contributed by atoms with Crippen molar-refractivity contribution in [2.24, 2.45) is 0 Å². The Morgan fingerprint density at radius 2 is 1.65 bits per heavy atom. The van der Waals surface area contributed by atoms with Crippen LogP contribution in [-0.4, -0.2) is 25.0 Å². The number of hydrogen-bond donors (Lipinski definition) is 2. The number of amides is 2. The molecule has 1 aliphatic heterocycles. The first-order valence-electron chi connectivity index (χ1n) is 7.25. The molecular weight excluding hydrogens is 296 g/mol. The number of benzene rings is 2. The van der Waals surface area contributed by atoms with Crippen LogP contribution in [0.2, 0.25) is 0 Å². The predicted octanol–water partition coefficient (Wildman–Crippen LogP) is 1.71. The molecule has 6 heteroatoms. The largest absolute Gasteiger partial charge is 0.486 e. The third-order valence-corrected chi connectivity index (χ3v) is 3.30. The lowest BCUT2D eigenvalue weighted by molar-refractivity contribution is -0.136. The van der Waals surface area contributed by atoms with E-state index in [1.807, 2.05) is 30.3 Å². The maximum atomic E-state index is 11.9. The van der Waals surface area contributed by atoms with Gasteiger partial charge in [0.2, 0.25) is 0 Å². The third-order valence-electron chi connectivity index (χ3n) is 3.30. The van der Waals surface area contributed by atoms with Gasteiger partial charge in [-0.1, -0.05) is 30.3 Å². The van der Waals surface area contributed by atoms with Crippen molar-refractivity contribution in [1.82, 2.24) is 5.32 Å². The number of rotatable bonds is 3. The highest BCUT2D eigenvalue weighted by Crippen LogP contribution is 2.32. The van der Waals surface area contributed by atoms with Gasteiger partial charge in [-0.3, -0.25) is 9.59 Å². The quantitative estimate of drug-likeness (QED) is 0.846. The van der Waals surface area contributed by atoms with E-state index in [-0.39, 0.29) is 0 Å². The Hall–Kier alpha value is -3.02. The fourth-order valence-electron chi connectivity index (χ4n) is 2.17. The topological polar surface area (TPSA) is 76.7 Å². The van der Waals surface area contributed by atoms with Gasteiger partial charge in [-0.15, -0.1) is 0 Å². The summed E-state index contributed by atoms with van der Waals surface area (Å²) in [5, 5.41) is 5.12. The fraction of sp³-hybridized carbons (Fsp3) is 0.176. The second-order valence-corrected chi connectivity index (χ2v) is 4.98. The Bertz CT molecular complexity index is 716. The molecule has 23 heavy (non-hydrogen) atoms. The van der Waals surface area contributed by atoms with Gasteiger partial charge in [-0.05, 0) is 17.7 Å². The minimum Gasteiger partial charge on any atom is -0.486 e. The molecule has 2 aromatic carbocycles. The molecule has 0 aliphatic carbocycles. The summed E-state index contributed by atoms with van der Waals surface area (Å²) in [5.74, 6) is -0.233. The van der Waals surface area contributed by atoms with Crippen LogP contribution in [0.3, 0.4) is 0 Å². The van der Waals surface area contributed by atoms with Gasteiger partial charge in [0.05, 0.1) is 0 Å². The summed E-state index contributed by atoms with van der Waals surface area (Å²) >= 11 is 0. The lowest BCUT2D eigenvalue weighted by Gasteiger charge is -2.18. The summed E-state index contributed by atoms with van der Waals surface area (Å²) in [7, 11) is 0. The van der Waals surface area contributed by atoms with Crippen molar-refractivity contribution in [3.8, 4) is 11.5 Å². The van der Waals surface area contributed by atoms with Crippen LogP contribution in [0.5, 0.6) is 11.5 Å². The maximum absolute atomic E-state index is 11.9. The van der Waals surface area contributed by atoms with Crippen molar-refractivity contribution in [3.05, 3.63) is 54.1 Å². The standard InChI is InChI=1S/C17H16N2O4/c20-16(18-11-12-4-2-1-3-5-12)17(21)19-13-6-7-14-15(10-13)23-9-8-22-14/h1-7,10H,8-9,11H2,(H,18,20)(H,19,21). The molecule has 1 aliphatic rings. The summed E-state index contributed by atoms with van der Waals surface area (Å²) in [6.45, 7) is 1.26. The number of carbonyl (C=O) groups is 2. The summed E-state index contributed by atoms with van der Waals surface area (Å²) in [5.41, 5.74) is 1.40. The number of carbonyl (C=O) groups excluding carboxylic acids is 2. The minimum atomic E-state index is -0.724. The molecule has 0 bridgehead atoms. The molecule has 6 nitrogen and oxygen atoms in total. The Balaban J connectivity index is 1.57. The SMILES string of the molecule is O=C(NCc1ccccc1)C(=O)Nc1ccc2c(c1)OCCO2. The number of hydrogen-bond acceptors (Lipinski definition) is 4. The fourth-order valence-corrected chi connectivity index (χ4v) is 2.17. The van der Waals surface area contributed by atoms with Crippen molar-refractivity contribution in [2.45, 2.75) is 6.54 Å². The Morgan fingerprint density at radius 3 is 2.43 bits per heavy atom. The van der Waals surface area contributed by atoms with Crippen LogP contribution in [0, 0.1) is 0 Å². The molecule has 2 N–H and O–H groups in total. The van der Waals surface area contributed by atoms with Crippen LogP contribution in [0.25, 0.3) is 0 Å². The Labute approximate surface area is 133 Å². The van der Waals surface area contributed by atoms with E-state index in [9.17, 15) is 9.59 Å². The molecule has 0 aromatic heterocycles. The molecule has 0 fully saturated rings. The van der Waals surface area contributed by atoms with E-state index in [1.54, 1.807) is 18.2 Å². The second kappa shape index (κ2) is 6.83. The monoisotopic (exact) mass is 312 g/mol. The van der Waals surface area contributed by atoms with Crippen molar-refractivity contribution < 1.29 is 19.1 Å². The number of anilines is 1. The van der Waals surface area contributed by atoms with Crippen molar-refractivity contribution in [1.29, 1.82) is 0 Å². The van der Waals surface area contributed by atoms with E-state index in [1.165, 1.54) is 0 Å². The smallest absolute Gasteiger partial charge is 0.313 e. The van der Waals surface area contributed by atoms with Gasteiger partial charge >= 0.3 is 11.8 Å². The lowest BCUT2D eigenvalue weighted by Crippen LogP contribution is -2.34. The molecule has 0 spiro atoms. The molecule has 0 saturated heterocycles. The zero-order chi connectivity index (χ0) is 16.1. The minimum absolute atomic E-state index is 0.300. The molecule has 3 rings (SSSR count). The van der Waals surface area contributed by atoms with Gasteiger partial charge in [0.1, 0.15) is 13.2 Å². The molecule has 0 radical (unpaired) electrons. The Morgan fingerprint density at radius 1 is 0.913 bits per heavy atom. The Kier molecular flexibility index (Phi) is 4.42. The molecule has 0 unspecified atom stereocenters. The van der Waals surface area contributed by atoms with E-state index in [0.29, 0.717) is 36.9 Å². The number of fused-ring (bicyclic) bond motifs is 1. The van der Waals surface area contributed by atoms with E-state index < -0.39 is 11.8 Å². The molecule has 118 valence electrons. The van der Waals surface area contributed by atoms with Gasteiger partial charge in [0.15, 0.2) is 11.5 Å². The molecule has 2 amide bonds. The number of nitrogens with one attached hydrogen (secondary N) is 2. The first-order chi connectivity index (χ1) is 11.2. The zero-order valence-electron chi connectivity index (χ0n) is 12.4. The van der Waals surface area contributed by atoms with E-state index >= 15 is 0 Å². The first-order valence-corrected chi connectivity index (χ1v) is 7.25. The molecule has 2 aromatic rings. The summed E-state index contributed by atoms with van der Waals surface area (Å²) in [4.78, 5) is 23.7. The van der Waals surface area contributed by atoms with Crippen molar-refractivity contribution >= 4 is 17.5 Å². The van der Waals surface area contributed by atoms with Crippen LogP contribution in [0.4, 0.5) is 5.69 Å². The van der Waals surface area contributed by atoms with Crippen LogP contribution in [0.15, 0.2) is 48.5 Å². The summed E-state index contributed by atoms with van der Waals surface area (Å²) in [6.07, 6.45) is 0. The average molecular weight is 312 g/mol. The number of ether oxygens (including phenoxy) is 2. The van der Waals surface area contributed by atoms with Gasteiger partial charge in [0, 0.05) is 18.3 Å². The van der Waals surface area contributed by atoms with Gasteiger partial charge < -0.3 is 20.1 Å².